The molecule has 2 aromatic rings. The molecule has 4 atom stereocenters. The zero-order valence-electron chi connectivity index (χ0n) is 17.5. The van der Waals surface area contributed by atoms with Crippen LogP contribution in [0.25, 0.3) is 0 Å². The number of β-lactam (4-membered cyclic amide) rings is 1. The SMILES string of the molecule is O=C(O)CC(Sc1nn[nH]n1)C1=C(C(=O)O)N2C(=O)C(NC(=O)C(O)c3ccc(Br)cc3)[C@@H]2SC1. The first-order chi connectivity index (χ1) is 16.7. The van der Waals surface area contributed by atoms with E-state index in [9.17, 15) is 34.5 Å². The number of hydrogen-bond acceptors (Lipinski definition) is 10. The number of carbonyl (C=O) groups is 4. The van der Waals surface area contributed by atoms with E-state index in [1.807, 2.05) is 0 Å². The minimum Gasteiger partial charge on any atom is -0.481 e. The predicted molar refractivity (Wildman–Crippen MR) is 125 cm³/mol. The van der Waals surface area contributed by atoms with Gasteiger partial charge < -0.3 is 20.6 Å². The topological polar surface area (TPSA) is 199 Å². The van der Waals surface area contributed by atoms with Gasteiger partial charge in [-0.05, 0) is 28.5 Å². The zero-order valence-corrected chi connectivity index (χ0v) is 20.7. The van der Waals surface area contributed by atoms with Crippen LogP contribution in [0, 0.1) is 0 Å². The second kappa shape index (κ2) is 10.3. The van der Waals surface area contributed by atoms with Crippen LogP contribution in [0.3, 0.4) is 0 Å². The first kappa shape index (κ1) is 25.2. The lowest BCUT2D eigenvalue weighted by atomic mass is 9.99. The minimum atomic E-state index is -1.52. The third-order valence-corrected chi connectivity index (χ3v) is 8.20. The van der Waals surface area contributed by atoms with Gasteiger partial charge in [-0.2, -0.15) is 5.21 Å². The van der Waals surface area contributed by atoms with Gasteiger partial charge in [-0.15, -0.1) is 22.0 Å². The summed E-state index contributed by atoms with van der Waals surface area (Å²) in [5.74, 6) is -3.94. The lowest BCUT2D eigenvalue weighted by molar-refractivity contribution is -0.151. The summed E-state index contributed by atoms with van der Waals surface area (Å²) in [6.07, 6.45) is -1.95. The molecule has 0 aliphatic carbocycles. The summed E-state index contributed by atoms with van der Waals surface area (Å²) >= 11 is 5.37. The van der Waals surface area contributed by atoms with Crippen molar-refractivity contribution in [1.29, 1.82) is 0 Å². The van der Waals surface area contributed by atoms with Crippen LogP contribution in [-0.2, 0) is 19.2 Å². The van der Waals surface area contributed by atoms with Crippen LogP contribution in [-0.4, -0.2) is 87.0 Å². The van der Waals surface area contributed by atoms with Gasteiger partial charge in [0.15, 0.2) is 6.10 Å². The van der Waals surface area contributed by atoms with Gasteiger partial charge in [0.25, 0.3) is 11.8 Å². The normalized spacial score (nSPS) is 21.1. The van der Waals surface area contributed by atoms with Crippen LogP contribution in [0.5, 0.6) is 0 Å². The number of fused-ring (bicyclic) bond motifs is 1. The van der Waals surface area contributed by atoms with Crippen molar-refractivity contribution in [3.05, 3.63) is 45.6 Å². The number of nitrogens with one attached hydrogen (secondary N) is 2. The number of thioether (sulfide) groups is 2. The molecule has 5 N–H and O–H groups in total. The van der Waals surface area contributed by atoms with Crippen LogP contribution in [0.15, 0.2) is 45.2 Å². The Morgan fingerprint density at radius 1 is 1.29 bits per heavy atom. The van der Waals surface area contributed by atoms with Crippen molar-refractivity contribution in [3.63, 3.8) is 0 Å². The quantitative estimate of drug-likeness (QED) is 0.200. The van der Waals surface area contributed by atoms with Gasteiger partial charge in [0.1, 0.15) is 17.1 Å². The van der Waals surface area contributed by atoms with E-state index in [1.165, 1.54) is 11.8 Å². The number of aliphatic carboxylic acids is 2. The summed E-state index contributed by atoms with van der Waals surface area (Å²) in [5, 5.41) is 43.8. The largest absolute Gasteiger partial charge is 0.481 e. The number of hydrogen-bond donors (Lipinski definition) is 5. The minimum absolute atomic E-state index is 0.0977. The molecule has 16 heteroatoms. The summed E-state index contributed by atoms with van der Waals surface area (Å²) in [6, 6.07) is 5.38. The lowest BCUT2D eigenvalue weighted by Gasteiger charge is -2.50. The highest BCUT2D eigenvalue weighted by Gasteiger charge is 2.55. The molecule has 1 aromatic carbocycles. The molecule has 13 nitrogen and oxygen atoms in total. The van der Waals surface area contributed by atoms with E-state index in [4.69, 9.17) is 0 Å². The van der Waals surface area contributed by atoms with E-state index in [-0.39, 0.29) is 22.2 Å². The van der Waals surface area contributed by atoms with Gasteiger partial charge in [0, 0.05) is 15.5 Å². The zero-order chi connectivity index (χ0) is 25.3. The average molecular weight is 585 g/mol. The van der Waals surface area contributed by atoms with Crippen molar-refractivity contribution in [2.75, 3.05) is 5.75 Å². The van der Waals surface area contributed by atoms with Gasteiger partial charge in [-0.3, -0.25) is 19.3 Å². The highest BCUT2D eigenvalue weighted by atomic mass is 79.9. The Hall–Kier alpha value is -2.95. The molecule has 2 amide bonds. The second-order valence-corrected chi connectivity index (χ2v) is 10.6. The van der Waals surface area contributed by atoms with Crippen molar-refractivity contribution < 1.29 is 34.5 Å². The number of amides is 2. The number of carbonyl (C=O) groups excluding carboxylic acids is 2. The van der Waals surface area contributed by atoms with Crippen molar-refractivity contribution in [2.24, 2.45) is 0 Å². The molecule has 35 heavy (non-hydrogen) atoms. The molecule has 3 unspecified atom stereocenters. The molecule has 3 heterocycles. The number of H-pyrrole nitrogens is 1. The van der Waals surface area contributed by atoms with Crippen LogP contribution >= 0.6 is 39.5 Å². The standard InChI is InChI=1S/C19H17BrN6O7S2/c20-8-3-1-7(2-4-8)14(29)15(30)21-12-16(31)26-13(18(32)33)9(6-34-17(12)26)10(5-11(27)28)35-19-22-24-25-23-19/h1-4,10,12,14,17,29H,5-6H2,(H,21,30)(H,27,28)(H,32,33)(H,22,23,24,25)/t10?,12?,14?,17-/m0/s1. The number of aromatic nitrogens is 4. The molecule has 0 spiro atoms. The molecule has 1 fully saturated rings. The molecular weight excluding hydrogens is 568 g/mol. The Kier molecular flexibility index (Phi) is 7.44. The predicted octanol–water partition coefficient (Wildman–Crippen LogP) is 0.370. The fourth-order valence-corrected chi connectivity index (χ4v) is 6.43. The number of aliphatic hydroxyl groups is 1. The highest BCUT2D eigenvalue weighted by molar-refractivity contribution is 9.10. The Labute approximate surface area is 213 Å². The lowest BCUT2D eigenvalue weighted by Crippen LogP contribution is -2.71. The maximum atomic E-state index is 12.9. The molecular formula is C19H17BrN6O7S2. The van der Waals surface area contributed by atoms with Crippen LogP contribution in [0.2, 0.25) is 0 Å². The molecule has 2 aliphatic rings. The molecule has 1 saturated heterocycles. The van der Waals surface area contributed by atoms with Gasteiger partial charge >= 0.3 is 11.9 Å². The molecule has 0 radical (unpaired) electrons. The van der Waals surface area contributed by atoms with Crippen molar-refractivity contribution in [2.45, 2.75) is 34.3 Å². The highest BCUT2D eigenvalue weighted by Crippen LogP contribution is 2.44. The Balaban J connectivity index is 1.54. The van der Waals surface area contributed by atoms with Crippen LogP contribution < -0.4 is 5.32 Å². The number of nitrogens with zero attached hydrogens (tertiary/aromatic N) is 4. The summed E-state index contributed by atoms with van der Waals surface area (Å²) in [6.45, 7) is 0. The Morgan fingerprint density at radius 3 is 2.60 bits per heavy atom. The smallest absolute Gasteiger partial charge is 0.352 e. The first-order valence-corrected chi connectivity index (χ1v) is 12.7. The third kappa shape index (κ3) is 5.19. The van der Waals surface area contributed by atoms with Crippen molar-refractivity contribution >= 4 is 63.2 Å². The van der Waals surface area contributed by atoms with Crippen LogP contribution in [0.4, 0.5) is 0 Å². The Morgan fingerprint density at radius 2 is 2.00 bits per heavy atom. The summed E-state index contributed by atoms with van der Waals surface area (Å²) in [5.41, 5.74) is 0.220. The van der Waals surface area contributed by atoms with Gasteiger partial charge in [0.05, 0.1) is 6.42 Å². The number of tetrazole rings is 1. The first-order valence-electron chi connectivity index (χ1n) is 9.94. The Bertz CT molecular complexity index is 1190. The summed E-state index contributed by atoms with van der Waals surface area (Å²) in [4.78, 5) is 50.1. The van der Waals surface area contributed by atoms with E-state index in [2.05, 4.69) is 41.9 Å². The van der Waals surface area contributed by atoms with E-state index in [0.29, 0.717) is 5.56 Å². The van der Waals surface area contributed by atoms with Gasteiger partial charge in [-0.1, -0.05) is 39.8 Å². The van der Waals surface area contributed by atoms with Gasteiger partial charge in [0.2, 0.25) is 5.16 Å². The molecule has 0 saturated carbocycles. The van der Waals surface area contributed by atoms with Gasteiger partial charge in [-0.25, -0.2) is 4.79 Å². The molecule has 184 valence electrons. The maximum absolute atomic E-state index is 12.9. The maximum Gasteiger partial charge on any atom is 0.352 e. The number of benzene rings is 1. The van der Waals surface area contributed by atoms with E-state index in [0.717, 1.165) is 21.1 Å². The van der Waals surface area contributed by atoms with E-state index in [1.54, 1.807) is 24.3 Å². The monoisotopic (exact) mass is 584 g/mol. The molecule has 0 bridgehead atoms. The summed E-state index contributed by atoms with van der Waals surface area (Å²) in [7, 11) is 0. The number of carboxylic acid groups (broad SMARTS) is 2. The fourth-order valence-electron chi connectivity index (χ4n) is 3.64. The molecule has 2 aliphatic heterocycles. The third-order valence-electron chi connectivity index (χ3n) is 5.25. The number of halogens is 1. The molecule has 4 rings (SSSR count). The van der Waals surface area contributed by atoms with E-state index >= 15 is 0 Å². The number of aromatic amines is 1. The van der Waals surface area contributed by atoms with Crippen molar-refractivity contribution in [1.82, 2.24) is 30.8 Å². The van der Waals surface area contributed by atoms with Crippen molar-refractivity contribution in [3.8, 4) is 0 Å². The van der Waals surface area contributed by atoms with E-state index < -0.39 is 52.9 Å². The fraction of sp³-hybridized carbons (Fsp3) is 0.316. The second-order valence-electron chi connectivity index (χ2n) is 7.43. The number of carboxylic acids is 2. The molecule has 1 aromatic heterocycles. The average Bonchev–Trinajstić information content (AvgIpc) is 3.33. The van der Waals surface area contributed by atoms with Crippen LogP contribution in [0.1, 0.15) is 18.1 Å². The number of rotatable bonds is 9. The summed E-state index contributed by atoms with van der Waals surface area (Å²) < 4.78 is 0.764. The number of aliphatic hydroxyl groups excluding tert-OH is 1.